The Morgan fingerprint density at radius 2 is 2.17 bits per heavy atom. The molecule has 0 aliphatic carbocycles. The molecule has 1 aliphatic heterocycles. The maximum atomic E-state index is 13.0. The van der Waals surface area contributed by atoms with Crippen LogP contribution in [0.5, 0.6) is 5.88 Å². The maximum absolute atomic E-state index is 13.0. The van der Waals surface area contributed by atoms with Crippen molar-refractivity contribution >= 4 is 17.5 Å². The number of hydrogen-bond acceptors (Lipinski definition) is 4. The summed E-state index contributed by atoms with van der Waals surface area (Å²) in [6.07, 6.45) is 1.26. The molecule has 0 unspecified atom stereocenters. The van der Waals surface area contributed by atoms with Crippen LogP contribution < -0.4 is 4.74 Å². The Hall–Kier alpha value is -2.65. The smallest absolute Gasteiger partial charge is 0.255 e. The first-order chi connectivity index (χ1) is 11.1. The van der Waals surface area contributed by atoms with Gasteiger partial charge >= 0.3 is 0 Å². The summed E-state index contributed by atoms with van der Waals surface area (Å²) < 4.78 is 18.6. The molecule has 3 rings (SSSR count). The van der Waals surface area contributed by atoms with Gasteiger partial charge in [0.25, 0.3) is 5.91 Å². The summed E-state index contributed by atoms with van der Waals surface area (Å²) in [7, 11) is 0. The largest absolute Gasteiger partial charge is 0.471 e. The number of likely N-dealkylation sites (tertiary alicyclic amines) is 1. The van der Waals surface area contributed by atoms with Crippen LogP contribution in [0.3, 0.4) is 0 Å². The highest BCUT2D eigenvalue weighted by Crippen LogP contribution is 2.23. The van der Waals surface area contributed by atoms with Crippen LogP contribution in [0.15, 0.2) is 36.5 Å². The molecule has 7 heteroatoms. The maximum Gasteiger partial charge on any atom is 0.255 e. The first-order valence-corrected chi connectivity index (χ1v) is 7.22. The number of carbonyl (C=O) groups excluding carboxylic acids is 1. The van der Waals surface area contributed by atoms with E-state index in [4.69, 9.17) is 21.6 Å². The molecule has 0 spiro atoms. The minimum Gasteiger partial charge on any atom is -0.471 e. The standard InChI is InChI=1S/C16H11ClFN3O2/c17-14-5-11(18)2-3-13(14)16(22)21-8-12(9-21)23-15-4-1-10(6-19)7-20-15/h1-5,7,12H,8-9H2. The lowest BCUT2D eigenvalue weighted by atomic mass is 10.1. The van der Waals surface area contributed by atoms with E-state index in [0.717, 1.165) is 6.07 Å². The lowest BCUT2D eigenvalue weighted by Crippen LogP contribution is -2.56. The number of nitrogens with zero attached hydrogens (tertiary/aromatic N) is 3. The fourth-order valence-electron chi connectivity index (χ4n) is 2.20. The van der Waals surface area contributed by atoms with Crippen LogP contribution in [0.2, 0.25) is 5.02 Å². The molecule has 0 atom stereocenters. The number of rotatable bonds is 3. The molecule has 0 N–H and O–H groups in total. The monoisotopic (exact) mass is 331 g/mol. The molecular weight excluding hydrogens is 321 g/mol. The highest BCUT2D eigenvalue weighted by atomic mass is 35.5. The predicted octanol–water partition coefficient (Wildman–Crippen LogP) is 2.65. The van der Waals surface area contributed by atoms with Crippen LogP contribution in [0, 0.1) is 17.1 Å². The van der Waals surface area contributed by atoms with Gasteiger partial charge in [0, 0.05) is 12.3 Å². The fraction of sp³-hybridized carbons (Fsp3) is 0.188. The summed E-state index contributed by atoms with van der Waals surface area (Å²) >= 11 is 5.89. The van der Waals surface area contributed by atoms with Crippen molar-refractivity contribution in [3.05, 3.63) is 58.5 Å². The van der Waals surface area contributed by atoms with E-state index in [1.165, 1.54) is 18.3 Å². The zero-order valence-corrected chi connectivity index (χ0v) is 12.6. The number of ether oxygens (including phenoxy) is 1. The summed E-state index contributed by atoms with van der Waals surface area (Å²) in [4.78, 5) is 17.8. The molecule has 1 fully saturated rings. The average Bonchev–Trinajstić information content (AvgIpc) is 2.50. The summed E-state index contributed by atoms with van der Waals surface area (Å²) in [5, 5.41) is 8.79. The molecule has 0 saturated carbocycles. The SMILES string of the molecule is N#Cc1ccc(OC2CN(C(=O)c3ccc(F)cc3Cl)C2)nc1. The van der Waals surface area contributed by atoms with Gasteiger partial charge in [-0.15, -0.1) is 0 Å². The van der Waals surface area contributed by atoms with Gasteiger partial charge in [0.2, 0.25) is 5.88 Å². The molecule has 2 aromatic rings. The molecule has 1 aromatic carbocycles. The van der Waals surface area contributed by atoms with Crippen molar-refractivity contribution in [3.63, 3.8) is 0 Å². The number of benzene rings is 1. The number of aromatic nitrogens is 1. The zero-order valence-electron chi connectivity index (χ0n) is 11.9. The van der Waals surface area contributed by atoms with Gasteiger partial charge in [-0.05, 0) is 24.3 Å². The molecule has 116 valence electrons. The van der Waals surface area contributed by atoms with E-state index in [-0.39, 0.29) is 22.6 Å². The van der Waals surface area contributed by atoms with Crippen molar-refractivity contribution < 1.29 is 13.9 Å². The van der Waals surface area contributed by atoms with Gasteiger partial charge in [0.05, 0.1) is 29.2 Å². The van der Waals surface area contributed by atoms with Gasteiger partial charge in [0.15, 0.2) is 0 Å². The van der Waals surface area contributed by atoms with Crippen molar-refractivity contribution in [2.75, 3.05) is 13.1 Å². The first kappa shape index (κ1) is 15.3. The zero-order chi connectivity index (χ0) is 16.4. The van der Waals surface area contributed by atoms with E-state index < -0.39 is 5.82 Å². The first-order valence-electron chi connectivity index (χ1n) is 6.84. The fourth-order valence-corrected chi connectivity index (χ4v) is 2.45. The third-order valence-corrected chi connectivity index (χ3v) is 3.76. The Morgan fingerprint density at radius 1 is 1.39 bits per heavy atom. The Labute approximate surface area is 136 Å². The van der Waals surface area contributed by atoms with Crippen LogP contribution in [0.1, 0.15) is 15.9 Å². The van der Waals surface area contributed by atoms with Crippen LogP contribution in [0.25, 0.3) is 0 Å². The van der Waals surface area contributed by atoms with Crippen molar-refractivity contribution in [2.24, 2.45) is 0 Å². The second-order valence-electron chi connectivity index (χ2n) is 5.07. The highest BCUT2D eigenvalue weighted by Gasteiger charge is 2.33. The van der Waals surface area contributed by atoms with Gasteiger partial charge in [-0.1, -0.05) is 11.6 Å². The number of halogens is 2. The van der Waals surface area contributed by atoms with Crippen molar-refractivity contribution in [3.8, 4) is 11.9 Å². The quantitative estimate of drug-likeness (QED) is 0.867. The summed E-state index contributed by atoms with van der Waals surface area (Å²) in [5.41, 5.74) is 0.719. The van der Waals surface area contributed by atoms with E-state index in [1.54, 1.807) is 17.0 Å². The van der Waals surface area contributed by atoms with Crippen LogP contribution in [-0.4, -0.2) is 35.0 Å². The summed E-state index contributed by atoms with van der Waals surface area (Å²) in [6, 6.07) is 8.89. The number of hydrogen-bond donors (Lipinski definition) is 0. The van der Waals surface area contributed by atoms with E-state index in [0.29, 0.717) is 24.5 Å². The highest BCUT2D eigenvalue weighted by molar-refractivity contribution is 6.33. The molecule has 1 aromatic heterocycles. The van der Waals surface area contributed by atoms with E-state index in [1.807, 2.05) is 6.07 Å². The molecule has 2 heterocycles. The minimum absolute atomic E-state index is 0.0909. The Bertz CT molecular complexity index is 783. The molecule has 5 nitrogen and oxygen atoms in total. The van der Waals surface area contributed by atoms with E-state index in [9.17, 15) is 9.18 Å². The Balaban J connectivity index is 1.58. The van der Waals surface area contributed by atoms with Gasteiger partial charge in [-0.25, -0.2) is 9.37 Å². The second-order valence-corrected chi connectivity index (χ2v) is 5.48. The summed E-state index contributed by atoms with van der Waals surface area (Å²) in [5.74, 6) is -0.341. The lowest BCUT2D eigenvalue weighted by molar-refractivity contribution is 0.0160. The molecular formula is C16H11ClFN3O2. The lowest BCUT2D eigenvalue weighted by Gasteiger charge is -2.38. The van der Waals surface area contributed by atoms with E-state index in [2.05, 4.69) is 4.98 Å². The normalized spacial score (nSPS) is 14.0. The molecule has 1 amide bonds. The van der Waals surface area contributed by atoms with Gasteiger partial charge in [0.1, 0.15) is 18.0 Å². The molecule has 0 radical (unpaired) electrons. The molecule has 1 saturated heterocycles. The third kappa shape index (κ3) is 3.25. The van der Waals surface area contributed by atoms with Crippen LogP contribution in [0.4, 0.5) is 4.39 Å². The molecule has 23 heavy (non-hydrogen) atoms. The number of amides is 1. The number of nitriles is 1. The van der Waals surface area contributed by atoms with Gasteiger partial charge in [-0.3, -0.25) is 4.79 Å². The predicted molar refractivity (Wildman–Crippen MR) is 80.7 cm³/mol. The molecule has 0 bridgehead atoms. The minimum atomic E-state index is -0.483. The third-order valence-electron chi connectivity index (χ3n) is 3.45. The molecule has 1 aliphatic rings. The van der Waals surface area contributed by atoms with Crippen molar-refractivity contribution in [1.82, 2.24) is 9.88 Å². The summed E-state index contributed by atoms with van der Waals surface area (Å²) in [6.45, 7) is 0.794. The van der Waals surface area contributed by atoms with E-state index >= 15 is 0 Å². The van der Waals surface area contributed by atoms with Gasteiger partial charge < -0.3 is 9.64 Å². The van der Waals surface area contributed by atoms with Crippen molar-refractivity contribution in [2.45, 2.75) is 6.10 Å². The van der Waals surface area contributed by atoms with Crippen LogP contribution in [-0.2, 0) is 0 Å². The average molecular weight is 332 g/mol. The van der Waals surface area contributed by atoms with Crippen LogP contribution >= 0.6 is 11.6 Å². The van der Waals surface area contributed by atoms with Crippen molar-refractivity contribution in [1.29, 1.82) is 5.26 Å². The number of carbonyl (C=O) groups is 1. The topological polar surface area (TPSA) is 66.2 Å². The Kier molecular flexibility index (Phi) is 4.13. The Morgan fingerprint density at radius 3 is 2.78 bits per heavy atom. The second kappa shape index (κ2) is 6.23. The van der Waals surface area contributed by atoms with Gasteiger partial charge in [-0.2, -0.15) is 5.26 Å². The number of pyridine rings is 1.